The quantitative estimate of drug-likeness (QED) is 0.735. The van der Waals surface area contributed by atoms with Gasteiger partial charge in [-0.3, -0.25) is 4.79 Å². The van der Waals surface area contributed by atoms with E-state index in [0.29, 0.717) is 30.5 Å². The maximum atomic E-state index is 11.8. The number of nitrogens with zero attached hydrogens (tertiary/aromatic N) is 4. The van der Waals surface area contributed by atoms with E-state index in [-0.39, 0.29) is 11.9 Å². The molecule has 0 aliphatic carbocycles. The van der Waals surface area contributed by atoms with E-state index in [1.54, 1.807) is 6.33 Å². The smallest absolute Gasteiger partial charge is 0.242 e. The number of carbonyl (C=O) groups is 1. The average Bonchev–Trinajstić information content (AvgIpc) is 2.90. The Bertz CT molecular complexity index is 638. The third kappa shape index (κ3) is 2.02. The highest BCUT2D eigenvalue weighted by molar-refractivity contribution is 5.91. The number of nitrogens with one attached hydrogen (secondary N) is 3. The van der Waals surface area contributed by atoms with Gasteiger partial charge in [-0.05, 0) is 13.8 Å². The van der Waals surface area contributed by atoms with Crippen LogP contribution in [0.1, 0.15) is 13.8 Å². The number of anilines is 2. The van der Waals surface area contributed by atoms with E-state index >= 15 is 0 Å². The zero-order valence-corrected chi connectivity index (χ0v) is 11.5. The molecule has 1 aliphatic heterocycles. The second-order valence-corrected chi connectivity index (χ2v) is 4.66. The Morgan fingerprint density at radius 2 is 2.35 bits per heavy atom. The molecule has 8 heteroatoms. The summed E-state index contributed by atoms with van der Waals surface area (Å²) < 4.78 is 0. The minimum Gasteiger partial charge on any atom is -0.354 e. The van der Waals surface area contributed by atoms with Gasteiger partial charge >= 0.3 is 0 Å². The van der Waals surface area contributed by atoms with Crippen LogP contribution in [0.25, 0.3) is 11.2 Å². The predicted octanol–water partition coefficient (Wildman–Crippen LogP) is 0.109. The molecule has 8 nitrogen and oxygen atoms in total. The van der Waals surface area contributed by atoms with Crippen molar-refractivity contribution in [3.05, 3.63) is 6.33 Å². The van der Waals surface area contributed by atoms with Crippen molar-refractivity contribution in [2.24, 2.45) is 0 Å². The predicted molar refractivity (Wildman–Crippen MR) is 75.7 cm³/mol. The van der Waals surface area contributed by atoms with E-state index < -0.39 is 0 Å². The SMILES string of the molecule is CCNc1nc(N2CCNC(=O)C2C)c2[nH]cnc2n1. The van der Waals surface area contributed by atoms with Crippen LogP contribution in [0.2, 0.25) is 0 Å². The summed E-state index contributed by atoms with van der Waals surface area (Å²) in [4.78, 5) is 29.9. The maximum Gasteiger partial charge on any atom is 0.242 e. The lowest BCUT2D eigenvalue weighted by molar-refractivity contribution is -0.122. The van der Waals surface area contributed by atoms with Crippen molar-refractivity contribution in [1.82, 2.24) is 25.3 Å². The molecule has 1 atom stereocenters. The molecular formula is C12H17N7O. The van der Waals surface area contributed by atoms with E-state index in [9.17, 15) is 4.79 Å². The Morgan fingerprint density at radius 1 is 1.50 bits per heavy atom. The van der Waals surface area contributed by atoms with Crippen molar-refractivity contribution in [3.63, 3.8) is 0 Å². The summed E-state index contributed by atoms with van der Waals surface area (Å²) in [7, 11) is 0. The molecule has 1 amide bonds. The molecule has 2 aromatic rings. The number of hydrogen-bond donors (Lipinski definition) is 3. The highest BCUT2D eigenvalue weighted by Crippen LogP contribution is 2.25. The van der Waals surface area contributed by atoms with E-state index in [0.717, 1.165) is 12.1 Å². The maximum absolute atomic E-state index is 11.8. The highest BCUT2D eigenvalue weighted by atomic mass is 16.2. The molecule has 20 heavy (non-hydrogen) atoms. The van der Waals surface area contributed by atoms with Crippen molar-refractivity contribution in [3.8, 4) is 0 Å². The van der Waals surface area contributed by atoms with Crippen molar-refractivity contribution in [1.29, 1.82) is 0 Å². The second kappa shape index (κ2) is 4.95. The van der Waals surface area contributed by atoms with Gasteiger partial charge < -0.3 is 20.5 Å². The van der Waals surface area contributed by atoms with E-state index in [1.165, 1.54) is 0 Å². The van der Waals surface area contributed by atoms with Crippen LogP contribution in [0.5, 0.6) is 0 Å². The first-order valence-electron chi connectivity index (χ1n) is 6.70. The number of H-pyrrole nitrogens is 1. The molecule has 1 fully saturated rings. The summed E-state index contributed by atoms with van der Waals surface area (Å²) in [5, 5.41) is 5.94. The number of amides is 1. The van der Waals surface area contributed by atoms with Crippen LogP contribution in [0.15, 0.2) is 6.33 Å². The fourth-order valence-corrected chi connectivity index (χ4v) is 2.33. The lowest BCUT2D eigenvalue weighted by Crippen LogP contribution is -2.54. The topological polar surface area (TPSA) is 98.8 Å². The molecule has 0 spiro atoms. The number of aromatic nitrogens is 4. The van der Waals surface area contributed by atoms with Crippen molar-refractivity contribution < 1.29 is 4.79 Å². The van der Waals surface area contributed by atoms with Crippen LogP contribution in [0, 0.1) is 0 Å². The molecule has 106 valence electrons. The Hall–Kier alpha value is -2.38. The minimum absolute atomic E-state index is 0.00697. The molecule has 0 saturated carbocycles. The van der Waals surface area contributed by atoms with Gasteiger partial charge in [-0.25, -0.2) is 4.98 Å². The van der Waals surface area contributed by atoms with Crippen LogP contribution in [-0.2, 0) is 4.79 Å². The fraction of sp³-hybridized carbons (Fsp3) is 0.500. The Balaban J connectivity index is 2.08. The normalized spacial score (nSPS) is 19.2. The Kier molecular flexibility index (Phi) is 3.13. The van der Waals surface area contributed by atoms with E-state index in [4.69, 9.17) is 0 Å². The van der Waals surface area contributed by atoms with Gasteiger partial charge in [0.05, 0.1) is 6.33 Å². The fourth-order valence-electron chi connectivity index (χ4n) is 2.33. The number of rotatable bonds is 3. The third-order valence-electron chi connectivity index (χ3n) is 3.37. The standard InChI is InChI=1S/C12H17N7O/c1-3-13-12-17-9-8(15-6-16-9)10(18-12)19-5-4-14-11(20)7(19)2/h6-7H,3-5H2,1-2H3,(H,14,20)(H2,13,15,16,17,18). The molecule has 2 aromatic heterocycles. The van der Waals surface area contributed by atoms with Crippen LogP contribution < -0.4 is 15.5 Å². The summed E-state index contributed by atoms with van der Waals surface area (Å²) in [6.07, 6.45) is 1.59. The molecular weight excluding hydrogens is 258 g/mol. The summed E-state index contributed by atoms with van der Waals surface area (Å²) >= 11 is 0. The lowest BCUT2D eigenvalue weighted by atomic mass is 10.2. The molecule has 0 bridgehead atoms. The molecule has 3 rings (SSSR count). The molecule has 3 N–H and O–H groups in total. The van der Waals surface area contributed by atoms with Gasteiger partial charge in [-0.1, -0.05) is 0 Å². The summed E-state index contributed by atoms with van der Waals surface area (Å²) in [6, 6.07) is -0.264. The van der Waals surface area contributed by atoms with Gasteiger partial charge in [0.1, 0.15) is 11.6 Å². The first kappa shape index (κ1) is 12.6. The van der Waals surface area contributed by atoms with E-state index in [2.05, 4.69) is 30.6 Å². The van der Waals surface area contributed by atoms with Crippen LogP contribution in [0.4, 0.5) is 11.8 Å². The third-order valence-corrected chi connectivity index (χ3v) is 3.37. The monoisotopic (exact) mass is 275 g/mol. The number of fused-ring (bicyclic) bond motifs is 1. The van der Waals surface area contributed by atoms with Crippen LogP contribution in [-0.4, -0.2) is 51.5 Å². The number of hydrogen-bond acceptors (Lipinski definition) is 6. The van der Waals surface area contributed by atoms with Crippen molar-refractivity contribution in [2.45, 2.75) is 19.9 Å². The number of carbonyl (C=O) groups excluding carboxylic acids is 1. The van der Waals surface area contributed by atoms with Gasteiger partial charge in [0.25, 0.3) is 0 Å². The number of piperazine rings is 1. The lowest BCUT2D eigenvalue weighted by Gasteiger charge is -2.33. The first-order valence-corrected chi connectivity index (χ1v) is 6.70. The molecule has 3 heterocycles. The molecule has 0 aromatic carbocycles. The van der Waals surface area contributed by atoms with Gasteiger partial charge in [0, 0.05) is 19.6 Å². The molecule has 1 saturated heterocycles. The zero-order chi connectivity index (χ0) is 14.1. The number of aromatic amines is 1. The highest BCUT2D eigenvalue weighted by Gasteiger charge is 2.28. The van der Waals surface area contributed by atoms with Crippen LogP contribution >= 0.6 is 0 Å². The zero-order valence-electron chi connectivity index (χ0n) is 11.5. The minimum atomic E-state index is -0.264. The van der Waals surface area contributed by atoms with Gasteiger partial charge in [-0.2, -0.15) is 9.97 Å². The van der Waals surface area contributed by atoms with Gasteiger partial charge in [0.15, 0.2) is 11.5 Å². The van der Waals surface area contributed by atoms with Crippen LogP contribution in [0.3, 0.4) is 0 Å². The second-order valence-electron chi connectivity index (χ2n) is 4.66. The molecule has 1 unspecified atom stereocenters. The van der Waals surface area contributed by atoms with Crippen molar-refractivity contribution in [2.75, 3.05) is 29.9 Å². The summed E-state index contributed by atoms with van der Waals surface area (Å²) in [5.41, 5.74) is 1.36. The van der Waals surface area contributed by atoms with Gasteiger partial charge in [0.2, 0.25) is 11.9 Å². The Labute approximate surface area is 116 Å². The molecule has 1 aliphatic rings. The average molecular weight is 275 g/mol. The summed E-state index contributed by atoms with van der Waals surface area (Å²) in [5.74, 6) is 1.25. The number of imidazole rings is 1. The largest absolute Gasteiger partial charge is 0.354 e. The molecule has 0 radical (unpaired) electrons. The Morgan fingerprint density at radius 3 is 3.15 bits per heavy atom. The summed E-state index contributed by atoms with van der Waals surface area (Å²) in [6.45, 7) is 5.90. The van der Waals surface area contributed by atoms with E-state index in [1.807, 2.05) is 18.7 Å². The van der Waals surface area contributed by atoms with Gasteiger partial charge in [-0.15, -0.1) is 0 Å². The first-order chi connectivity index (χ1) is 9.70. The van der Waals surface area contributed by atoms with Crippen molar-refractivity contribution >= 4 is 28.8 Å².